The Morgan fingerprint density at radius 1 is 1.35 bits per heavy atom. The first-order valence-electron chi connectivity index (χ1n) is 6.34. The molecule has 0 amide bonds. The summed E-state index contributed by atoms with van der Waals surface area (Å²) in [6.07, 6.45) is 1.30. The van der Waals surface area contributed by atoms with Gasteiger partial charge in [0.1, 0.15) is 17.2 Å². The lowest BCUT2D eigenvalue weighted by Gasteiger charge is -2.11. The van der Waals surface area contributed by atoms with Gasteiger partial charge in [0.15, 0.2) is 5.82 Å². The number of rotatable bonds is 4. The monoisotopic (exact) mass is 344 g/mol. The average molecular weight is 345 g/mol. The minimum Gasteiger partial charge on any atom is -0.323 e. The standard InChI is InChI=1S/C13H15BrF2N4/c1-3-10(17)12-11(4-2)20(19-18-12)13-8(14)5-7(15)6-9(13)16/h5-6,10H,3-4,17H2,1-2H3. The van der Waals surface area contributed by atoms with Gasteiger partial charge < -0.3 is 5.73 Å². The normalized spacial score (nSPS) is 12.7. The summed E-state index contributed by atoms with van der Waals surface area (Å²) in [7, 11) is 0. The van der Waals surface area contributed by atoms with E-state index in [0.29, 0.717) is 18.5 Å². The van der Waals surface area contributed by atoms with Crippen molar-refractivity contribution in [2.75, 3.05) is 0 Å². The van der Waals surface area contributed by atoms with E-state index in [1.165, 1.54) is 10.7 Å². The van der Waals surface area contributed by atoms with Gasteiger partial charge in [0.25, 0.3) is 0 Å². The van der Waals surface area contributed by atoms with Crippen molar-refractivity contribution in [1.82, 2.24) is 15.0 Å². The molecule has 0 bridgehead atoms. The second-order valence-corrected chi connectivity index (χ2v) is 5.27. The molecule has 7 heteroatoms. The van der Waals surface area contributed by atoms with E-state index in [2.05, 4.69) is 26.2 Å². The van der Waals surface area contributed by atoms with Crippen LogP contribution in [0.2, 0.25) is 0 Å². The van der Waals surface area contributed by atoms with E-state index in [0.717, 1.165) is 11.8 Å². The Hall–Kier alpha value is -1.34. The minimum atomic E-state index is -0.701. The van der Waals surface area contributed by atoms with Crippen LogP contribution in [0.15, 0.2) is 16.6 Å². The average Bonchev–Trinajstić information content (AvgIpc) is 2.80. The molecule has 20 heavy (non-hydrogen) atoms. The van der Waals surface area contributed by atoms with Crippen LogP contribution in [0, 0.1) is 11.6 Å². The molecule has 108 valence electrons. The fourth-order valence-corrected chi connectivity index (χ4v) is 2.62. The lowest BCUT2D eigenvalue weighted by Crippen LogP contribution is -2.13. The Morgan fingerprint density at radius 2 is 2.05 bits per heavy atom. The zero-order valence-electron chi connectivity index (χ0n) is 11.2. The van der Waals surface area contributed by atoms with Crippen LogP contribution in [-0.2, 0) is 6.42 Å². The first-order valence-corrected chi connectivity index (χ1v) is 7.13. The molecule has 0 saturated heterocycles. The molecular weight excluding hydrogens is 330 g/mol. The van der Waals surface area contributed by atoms with Crippen molar-refractivity contribution < 1.29 is 8.78 Å². The Balaban J connectivity index is 2.62. The van der Waals surface area contributed by atoms with Crippen LogP contribution in [-0.4, -0.2) is 15.0 Å². The van der Waals surface area contributed by atoms with Crippen molar-refractivity contribution in [3.05, 3.63) is 39.6 Å². The third-order valence-corrected chi connectivity index (χ3v) is 3.72. The molecule has 0 spiro atoms. The van der Waals surface area contributed by atoms with Crippen LogP contribution in [0.4, 0.5) is 8.78 Å². The number of nitrogens with two attached hydrogens (primary N) is 1. The van der Waals surface area contributed by atoms with Crippen molar-refractivity contribution in [2.24, 2.45) is 5.73 Å². The highest BCUT2D eigenvalue weighted by atomic mass is 79.9. The van der Waals surface area contributed by atoms with Crippen LogP contribution in [0.3, 0.4) is 0 Å². The molecule has 1 aromatic carbocycles. The van der Waals surface area contributed by atoms with Gasteiger partial charge in [0.05, 0.1) is 11.7 Å². The van der Waals surface area contributed by atoms with Gasteiger partial charge in [-0.05, 0) is 34.8 Å². The zero-order chi connectivity index (χ0) is 14.9. The van der Waals surface area contributed by atoms with Gasteiger partial charge in [-0.15, -0.1) is 5.10 Å². The summed E-state index contributed by atoms with van der Waals surface area (Å²) in [4.78, 5) is 0. The molecule has 0 radical (unpaired) electrons. The Morgan fingerprint density at radius 3 is 2.60 bits per heavy atom. The molecule has 0 saturated carbocycles. The lowest BCUT2D eigenvalue weighted by atomic mass is 10.1. The van der Waals surface area contributed by atoms with Gasteiger partial charge >= 0.3 is 0 Å². The smallest absolute Gasteiger partial charge is 0.153 e. The molecule has 0 aliphatic carbocycles. The molecule has 0 aliphatic rings. The summed E-state index contributed by atoms with van der Waals surface area (Å²) in [5.74, 6) is -1.35. The number of halogens is 3. The second-order valence-electron chi connectivity index (χ2n) is 4.42. The number of nitrogens with zero attached hydrogens (tertiary/aromatic N) is 3. The van der Waals surface area contributed by atoms with E-state index in [1.54, 1.807) is 0 Å². The first kappa shape index (κ1) is 15.1. The van der Waals surface area contributed by atoms with Crippen molar-refractivity contribution in [3.63, 3.8) is 0 Å². The SMILES string of the molecule is CCc1c(C(N)CC)nnn1-c1c(F)cc(F)cc1Br. The predicted octanol–water partition coefficient (Wildman–Crippen LogP) is 3.28. The molecule has 2 rings (SSSR count). The van der Waals surface area contributed by atoms with E-state index in [4.69, 9.17) is 5.73 Å². The van der Waals surface area contributed by atoms with Gasteiger partial charge in [0, 0.05) is 10.5 Å². The van der Waals surface area contributed by atoms with Gasteiger partial charge in [0.2, 0.25) is 0 Å². The van der Waals surface area contributed by atoms with Crippen LogP contribution in [0.1, 0.15) is 37.7 Å². The quantitative estimate of drug-likeness (QED) is 0.925. The Labute approximate surface area is 124 Å². The van der Waals surface area contributed by atoms with Crippen LogP contribution < -0.4 is 5.73 Å². The van der Waals surface area contributed by atoms with E-state index in [9.17, 15) is 8.78 Å². The second kappa shape index (κ2) is 5.97. The zero-order valence-corrected chi connectivity index (χ0v) is 12.8. The fourth-order valence-electron chi connectivity index (χ4n) is 2.04. The highest BCUT2D eigenvalue weighted by Crippen LogP contribution is 2.28. The summed E-state index contributed by atoms with van der Waals surface area (Å²) >= 11 is 3.16. The van der Waals surface area contributed by atoms with Crippen molar-refractivity contribution in [3.8, 4) is 5.69 Å². The highest BCUT2D eigenvalue weighted by Gasteiger charge is 2.21. The molecule has 1 atom stereocenters. The summed E-state index contributed by atoms with van der Waals surface area (Å²) in [6, 6.07) is 1.76. The van der Waals surface area contributed by atoms with E-state index < -0.39 is 11.6 Å². The molecule has 4 nitrogen and oxygen atoms in total. The van der Waals surface area contributed by atoms with Crippen LogP contribution in [0.5, 0.6) is 0 Å². The topological polar surface area (TPSA) is 56.7 Å². The van der Waals surface area contributed by atoms with Crippen LogP contribution in [0.25, 0.3) is 5.69 Å². The maximum absolute atomic E-state index is 14.0. The number of benzene rings is 1. The predicted molar refractivity (Wildman–Crippen MR) is 75.6 cm³/mol. The Bertz CT molecular complexity index is 604. The molecular formula is C13H15BrF2N4. The number of hydrogen-bond acceptors (Lipinski definition) is 3. The molecule has 1 unspecified atom stereocenters. The van der Waals surface area contributed by atoms with Gasteiger partial charge in [-0.3, -0.25) is 0 Å². The molecule has 1 aromatic heterocycles. The summed E-state index contributed by atoms with van der Waals surface area (Å²) in [6.45, 7) is 3.86. The van der Waals surface area contributed by atoms with Crippen molar-refractivity contribution in [1.29, 1.82) is 0 Å². The summed E-state index contributed by atoms with van der Waals surface area (Å²) in [5, 5.41) is 8.02. The molecule has 0 aliphatic heterocycles. The highest BCUT2D eigenvalue weighted by molar-refractivity contribution is 9.10. The summed E-state index contributed by atoms with van der Waals surface area (Å²) < 4.78 is 28.8. The summed E-state index contributed by atoms with van der Waals surface area (Å²) in [5.41, 5.74) is 7.50. The van der Waals surface area contributed by atoms with Gasteiger partial charge in [-0.1, -0.05) is 19.1 Å². The first-order chi connectivity index (χ1) is 9.49. The van der Waals surface area contributed by atoms with E-state index in [1.807, 2.05) is 13.8 Å². The van der Waals surface area contributed by atoms with Gasteiger partial charge in [-0.25, -0.2) is 13.5 Å². The lowest BCUT2D eigenvalue weighted by molar-refractivity contribution is 0.567. The Kier molecular flexibility index (Phi) is 4.49. The maximum Gasteiger partial charge on any atom is 0.153 e. The van der Waals surface area contributed by atoms with Crippen molar-refractivity contribution >= 4 is 15.9 Å². The largest absolute Gasteiger partial charge is 0.323 e. The molecule has 2 N–H and O–H groups in total. The minimum absolute atomic E-state index is 0.144. The third kappa shape index (κ3) is 2.60. The van der Waals surface area contributed by atoms with E-state index >= 15 is 0 Å². The molecule has 1 heterocycles. The molecule has 0 fully saturated rings. The van der Waals surface area contributed by atoms with Crippen molar-refractivity contribution in [2.45, 2.75) is 32.7 Å². The van der Waals surface area contributed by atoms with Gasteiger partial charge in [-0.2, -0.15) is 0 Å². The maximum atomic E-state index is 14.0. The number of aromatic nitrogens is 3. The van der Waals surface area contributed by atoms with E-state index in [-0.39, 0.29) is 16.2 Å². The number of hydrogen-bond donors (Lipinski definition) is 1. The van der Waals surface area contributed by atoms with Crippen LogP contribution >= 0.6 is 15.9 Å². The molecule has 2 aromatic rings. The fraction of sp³-hybridized carbons (Fsp3) is 0.385. The third-order valence-electron chi connectivity index (χ3n) is 3.11.